The van der Waals surface area contributed by atoms with Gasteiger partial charge >= 0.3 is 0 Å². The van der Waals surface area contributed by atoms with Crippen LogP contribution in [0.3, 0.4) is 0 Å². The summed E-state index contributed by atoms with van der Waals surface area (Å²) in [4.78, 5) is 13.0. The van der Waals surface area contributed by atoms with E-state index in [2.05, 4.69) is 0 Å². The Morgan fingerprint density at radius 2 is 2.00 bits per heavy atom. The molecule has 4 heteroatoms. The van der Waals surface area contributed by atoms with Crippen molar-refractivity contribution >= 4 is 28.7 Å². The number of carbonyl (C=O) groups excluding carboxylic acids is 1. The number of ketones is 1. The first-order valence-electron chi connectivity index (χ1n) is 5.53. The van der Waals surface area contributed by atoms with Crippen LogP contribution in [0.1, 0.15) is 43.3 Å². The highest BCUT2D eigenvalue weighted by Gasteiger charge is 2.36. The maximum Gasteiger partial charge on any atom is 0.204 e. The highest BCUT2D eigenvalue weighted by Crippen LogP contribution is 2.30. The predicted molar refractivity (Wildman–Crippen MR) is 68.6 cm³/mol. The van der Waals surface area contributed by atoms with Gasteiger partial charge < -0.3 is 4.74 Å². The minimum absolute atomic E-state index is 0.0521. The first-order chi connectivity index (χ1) is 7.59. The van der Waals surface area contributed by atoms with Crippen LogP contribution in [0.25, 0.3) is 0 Å². The van der Waals surface area contributed by atoms with E-state index >= 15 is 0 Å². The average Bonchev–Trinajstić information content (AvgIpc) is 2.72. The number of carbonyl (C=O) groups is 1. The van der Waals surface area contributed by atoms with Crippen LogP contribution in [0, 0.1) is 0 Å². The van der Waals surface area contributed by atoms with E-state index in [0.717, 1.165) is 0 Å². The van der Waals surface area contributed by atoms with Gasteiger partial charge in [-0.2, -0.15) is 0 Å². The van der Waals surface area contributed by atoms with Gasteiger partial charge in [0.05, 0.1) is 9.21 Å². The molecule has 16 heavy (non-hydrogen) atoms. The van der Waals surface area contributed by atoms with Crippen molar-refractivity contribution in [2.24, 2.45) is 0 Å². The van der Waals surface area contributed by atoms with Crippen molar-refractivity contribution in [1.29, 1.82) is 0 Å². The van der Waals surface area contributed by atoms with E-state index in [4.69, 9.17) is 16.3 Å². The highest BCUT2D eigenvalue weighted by molar-refractivity contribution is 7.18. The van der Waals surface area contributed by atoms with Crippen LogP contribution in [-0.2, 0) is 4.74 Å². The molecular weight excluding hydrogens is 244 g/mol. The van der Waals surface area contributed by atoms with E-state index in [0.29, 0.717) is 28.7 Å². The largest absolute Gasteiger partial charge is 0.367 e. The number of thiophene rings is 1. The number of rotatable bonds is 6. The second-order valence-corrected chi connectivity index (χ2v) is 5.28. The molecule has 0 aliphatic carbocycles. The SMILES string of the molecule is CCOC(CC)(CC)C(=O)c1ccc(Cl)s1. The van der Waals surface area contributed by atoms with Gasteiger partial charge in [0.15, 0.2) is 0 Å². The van der Waals surface area contributed by atoms with E-state index in [9.17, 15) is 4.79 Å². The Morgan fingerprint density at radius 3 is 2.38 bits per heavy atom. The molecule has 0 aliphatic rings. The van der Waals surface area contributed by atoms with Crippen LogP contribution in [0.2, 0.25) is 4.34 Å². The summed E-state index contributed by atoms with van der Waals surface area (Å²) in [5.41, 5.74) is -0.678. The van der Waals surface area contributed by atoms with Gasteiger partial charge in [-0.3, -0.25) is 4.79 Å². The van der Waals surface area contributed by atoms with Crippen LogP contribution in [0.4, 0.5) is 0 Å². The van der Waals surface area contributed by atoms with Crippen LogP contribution in [0.15, 0.2) is 12.1 Å². The van der Waals surface area contributed by atoms with E-state index in [1.54, 1.807) is 12.1 Å². The summed E-state index contributed by atoms with van der Waals surface area (Å²) in [5.74, 6) is 0.0521. The van der Waals surface area contributed by atoms with Crippen molar-refractivity contribution in [2.75, 3.05) is 6.61 Å². The Kier molecular flexibility index (Phi) is 4.96. The zero-order valence-corrected chi connectivity index (χ0v) is 11.5. The van der Waals surface area contributed by atoms with Crippen molar-refractivity contribution in [3.8, 4) is 0 Å². The Bertz CT molecular complexity index is 356. The number of ether oxygens (including phenoxy) is 1. The van der Waals surface area contributed by atoms with Crippen molar-refractivity contribution in [3.05, 3.63) is 21.3 Å². The van der Waals surface area contributed by atoms with Crippen LogP contribution in [-0.4, -0.2) is 18.0 Å². The summed E-state index contributed by atoms with van der Waals surface area (Å²) in [7, 11) is 0. The normalized spacial score (nSPS) is 11.8. The minimum atomic E-state index is -0.678. The van der Waals surface area contributed by atoms with Gasteiger partial charge in [-0.25, -0.2) is 0 Å². The highest BCUT2D eigenvalue weighted by atomic mass is 35.5. The Labute approximate surface area is 106 Å². The topological polar surface area (TPSA) is 26.3 Å². The fourth-order valence-electron chi connectivity index (χ4n) is 1.78. The summed E-state index contributed by atoms with van der Waals surface area (Å²) in [6, 6.07) is 3.52. The van der Waals surface area contributed by atoms with Crippen molar-refractivity contribution in [3.63, 3.8) is 0 Å². The van der Waals surface area contributed by atoms with Crippen molar-refractivity contribution < 1.29 is 9.53 Å². The molecule has 0 amide bonds. The minimum Gasteiger partial charge on any atom is -0.367 e. The third-order valence-electron chi connectivity index (χ3n) is 2.77. The lowest BCUT2D eigenvalue weighted by Gasteiger charge is -2.29. The third kappa shape index (κ3) is 2.65. The van der Waals surface area contributed by atoms with Gasteiger partial charge in [-0.15, -0.1) is 11.3 Å². The van der Waals surface area contributed by atoms with Gasteiger partial charge in [0.1, 0.15) is 5.60 Å². The van der Waals surface area contributed by atoms with Gasteiger partial charge in [0.25, 0.3) is 0 Å². The number of halogens is 1. The fraction of sp³-hybridized carbons (Fsp3) is 0.583. The van der Waals surface area contributed by atoms with E-state index < -0.39 is 5.60 Å². The van der Waals surface area contributed by atoms with Crippen molar-refractivity contribution in [1.82, 2.24) is 0 Å². The second kappa shape index (κ2) is 5.80. The van der Waals surface area contributed by atoms with E-state index in [-0.39, 0.29) is 5.78 Å². The van der Waals surface area contributed by atoms with Gasteiger partial charge in [-0.1, -0.05) is 25.4 Å². The zero-order valence-electron chi connectivity index (χ0n) is 9.88. The van der Waals surface area contributed by atoms with Crippen LogP contribution >= 0.6 is 22.9 Å². The molecule has 2 nitrogen and oxygen atoms in total. The lowest BCUT2D eigenvalue weighted by molar-refractivity contribution is -0.0247. The van der Waals surface area contributed by atoms with E-state index in [1.807, 2.05) is 20.8 Å². The Balaban J connectivity index is 2.99. The first-order valence-corrected chi connectivity index (χ1v) is 6.73. The molecule has 90 valence electrons. The van der Waals surface area contributed by atoms with Crippen LogP contribution in [0.5, 0.6) is 0 Å². The molecule has 0 fully saturated rings. The molecule has 0 aromatic carbocycles. The van der Waals surface area contributed by atoms with Crippen LogP contribution < -0.4 is 0 Å². The molecule has 1 rings (SSSR count). The first kappa shape index (κ1) is 13.7. The van der Waals surface area contributed by atoms with Crippen molar-refractivity contribution in [2.45, 2.75) is 39.2 Å². The molecule has 0 aliphatic heterocycles. The molecule has 0 N–H and O–H groups in total. The fourth-order valence-corrected chi connectivity index (χ4v) is 2.85. The summed E-state index contributed by atoms with van der Waals surface area (Å²) in [6.07, 6.45) is 1.37. The van der Waals surface area contributed by atoms with Gasteiger partial charge in [0.2, 0.25) is 5.78 Å². The zero-order chi connectivity index (χ0) is 12.2. The number of Topliss-reactive ketones (excluding diaryl/α,β-unsaturated/α-hetero) is 1. The monoisotopic (exact) mass is 260 g/mol. The predicted octanol–water partition coefficient (Wildman–Crippen LogP) is 4.18. The smallest absolute Gasteiger partial charge is 0.204 e. The van der Waals surface area contributed by atoms with E-state index in [1.165, 1.54) is 11.3 Å². The summed E-state index contributed by atoms with van der Waals surface area (Å²) < 4.78 is 6.31. The maximum absolute atomic E-state index is 12.4. The Morgan fingerprint density at radius 1 is 1.38 bits per heavy atom. The van der Waals surface area contributed by atoms with Gasteiger partial charge in [-0.05, 0) is 31.9 Å². The molecule has 0 spiro atoms. The molecule has 0 saturated heterocycles. The maximum atomic E-state index is 12.4. The molecule has 0 atom stereocenters. The summed E-state index contributed by atoms with van der Waals surface area (Å²) in [5, 5.41) is 0. The van der Waals surface area contributed by atoms with Gasteiger partial charge in [0, 0.05) is 6.61 Å². The quantitative estimate of drug-likeness (QED) is 0.718. The summed E-state index contributed by atoms with van der Waals surface area (Å²) >= 11 is 7.16. The molecule has 1 aromatic rings. The summed E-state index contributed by atoms with van der Waals surface area (Å²) in [6.45, 7) is 6.42. The average molecular weight is 261 g/mol. The Hall–Kier alpha value is -0.380. The second-order valence-electron chi connectivity index (χ2n) is 3.57. The molecule has 0 radical (unpaired) electrons. The molecule has 0 unspecified atom stereocenters. The molecular formula is C12H17ClO2S. The number of hydrogen-bond donors (Lipinski definition) is 0. The lowest BCUT2D eigenvalue weighted by atomic mass is 9.91. The number of hydrogen-bond acceptors (Lipinski definition) is 3. The lowest BCUT2D eigenvalue weighted by Crippen LogP contribution is -2.40. The molecule has 1 aromatic heterocycles. The molecule has 0 bridgehead atoms. The molecule has 0 saturated carbocycles. The third-order valence-corrected chi connectivity index (χ3v) is 4.00. The molecule has 1 heterocycles. The standard InChI is InChI=1S/C12H17ClO2S/c1-4-12(5-2,15-6-3)11(14)9-7-8-10(13)16-9/h7-8H,4-6H2,1-3H3.